The summed E-state index contributed by atoms with van der Waals surface area (Å²) in [7, 11) is 1.45. The van der Waals surface area contributed by atoms with Gasteiger partial charge in [0, 0.05) is 49.0 Å². The van der Waals surface area contributed by atoms with E-state index in [1.165, 1.54) is 7.05 Å². The molecule has 2 aliphatic rings. The van der Waals surface area contributed by atoms with Crippen LogP contribution >= 0.6 is 11.6 Å². The van der Waals surface area contributed by atoms with Gasteiger partial charge in [0.1, 0.15) is 18.1 Å². The smallest absolute Gasteiger partial charge is 0.301 e. The van der Waals surface area contributed by atoms with Crippen LogP contribution in [0.4, 0.5) is 0 Å². The van der Waals surface area contributed by atoms with E-state index in [0.29, 0.717) is 30.2 Å². The maximum Gasteiger partial charge on any atom is 0.301 e. The number of hydrogen-bond donors (Lipinski definition) is 1. The molecule has 1 aromatic heterocycles. The first-order chi connectivity index (χ1) is 18.9. The van der Waals surface area contributed by atoms with Gasteiger partial charge in [0.15, 0.2) is 6.61 Å². The summed E-state index contributed by atoms with van der Waals surface area (Å²) < 4.78 is 11.8. The second kappa shape index (κ2) is 12.1. The molecule has 0 saturated carbocycles. The number of amides is 1. The van der Waals surface area contributed by atoms with Crippen LogP contribution in [-0.4, -0.2) is 54.2 Å². The Morgan fingerprint density at radius 2 is 1.97 bits per heavy atom. The number of likely N-dealkylation sites (tertiary alicyclic amines) is 1. The molecule has 1 N–H and O–H groups in total. The molecule has 3 aromatic rings. The zero-order chi connectivity index (χ0) is 27.2. The molecular weight excluding hydrogens is 516 g/mol. The van der Waals surface area contributed by atoms with Gasteiger partial charge in [0.2, 0.25) is 0 Å². The number of ether oxygens (including phenoxy) is 2. The van der Waals surface area contributed by atoms with Crippen molar-refractivity contribution in [2.75, 3.05) is 33.3 Å². The van der Waals surface area contributed by atoms with Gasteiger partial charge in [-0.2, -0.15) is 5.11 Å². The third-order valence-electron chi connectivity index (χ3n) is 7.22. The Hall–Kier alpha value is -3.59. The van der Waals surface area contributed by atoms with Gasteiger partial charge < -0.3 is 19.5 Å². The molecule has 0 spiro atoms. The van der Waals surface area contributed by atoms with E-state index in [-0.39, 0.29) is 6.61 Å². The third kappa shape index (κ3) is 6.36. The molecule has 3 heterocycles. The quantitative estimate of drug-likeness (QED) is 0.397. The third-order valence-corrected chi connectivity index (χ3v) is 7.47. The molecule has 39 heavy (non-hydrogen) atoms. The number of rotatable bonds is 7. The van der Waals surface area contributed by atoms with Gasteiger partial charge in [-0.25, -0.2) is 0 Å². The van der Waals surface area contributed by atoms with Crippen LogP contribution in [0.1, 0.15) is 41.6 Å². The maximum atomic E-state index is 11.8. The van der Waals surface area contributed by atoms with E-state index >= 15 is 0 Å². The number of nitrogens with zero attached hydrogens (tertiary/aromatic N) is 4. The molecule has 1 amide bonds. The lowest BCUT2D eigenvalue weighted by Crippen LogP contribution is -2.42. The predicted octanol–water partition coefficient (Wildman–Crippen LogP) is 5.42. The van der Waals surface area contributed by atoms with Gasteiger partial charge in [-0.05, 0) is 66.8 Å². The van der Waals surface area contributed by atoms with E-state index in [0.717, 1.165) is 59.8 Å². The number of azo groups is 1. The Morgan fingerprint density at radius 1 is 1.18 bits per heavy atom. The number of benzene rings is 2. The van der Waals surface area contributed by atoms with E-state index in [1.54, 1.807) is 12.3 Å². The standard InChI is InChI=1S/C30H31ClN4O4/c1-32-34-29(36)20-38-23-10-11-28-26(18-23)24(25-4-2-14-33-27(25)19-39-28)5-3-15-35-16-12-30(37,13-17-35)21-6-8-22(31)9-7-21/h2,4-11,14,18,37H,3,12-13,15-17,19-20H2,1H3. The van der Waals surface area contributed by atoms with E-state index in [9.17, 15) is 9.90 Å². The highest BCUT2D eigenvalue weighted by molar-refractivity contribution is 6.30. The topological polar surface area (TPSA) is 96.6 Å². The number of hydrogen-bond acceptors (Lipinski definition) is 7. The van der Waals surface area contributed by atoms with Gasteiger partial charge in [-0.3, -0.25) is 9.78 Å². The van der Waals surface area contributed by atoms with Crippen molar-refractivity contribution < 1.29 is 19.4 Å². The highest BCUT2D eigenvalue weighted by Gasteiger charge is 2.33. The van der Waals surface area contributed by atoms with Crippen LogP contribution < -0.4 is 9.47 Å². The summed E-state index contributed by atoms with van der Waals surface area (Å²) in [6, 6.07) is 17.0. The van der Waals surface area contributed by atoms with Crippen molar-refractivity contribution in [2.24, 2.45) is 10.2 Å². The molecule has 8 nitrogen and oxygen atoms in total. The van der Waals surface area contributed by atoms with Gasteiger partial charge in [-0.15, -0.1) is 5.11 Å². The molecule has 2 aliphatic heterocycles. The van der Waals surface area contributed by atoms with Crippen LogP contribution in [0.2, 0.25) is 5.02 Å². The van der Waals surface area contributed by atoms with E-state index in [2.05, 4.69) is 32.3 Å². The highest BCUT2D eigenvalue weighted by atomic mass is 35.5. The average molecular weight is 547 g/mol. The monoisotopic (exact) mass is 546 g/mol. The fourth-order valence-corrected chi connectivity index (χ4v) is 5.24. The summed E-state index contributed by atoms with van der Waals surface area (Å²) in [5, 5.41) is 18.9. The number of halogens is 1. The largest absolute Gasteiger partial charge is 0.487 e. The number of carbonyl (C=O) groups excluding carboxylic acids is 1. The highest BCUT2D eigenvalue weighted by Crippen LogP contribution is 2.39. The summed E-state index contributed by atoms with van der Waals surface area (Å²) in [4.78, 5) is 18.7. The Labute approximate surface area is 233 Å². The second-order valence-electron chi connectivity index (χ2n) is 9.71. The number of fused-ring (bicyclic) bond motifs is 2. The zero-order valence-corrected chi connectivity index (χ0v) is 22.6. The minimum Gasteiger partial charge on any atom is -0.487 e. The molecule has 202 valence electrons. The number of aliphatic hydroxyl groups is 1. The Morgan fingerprint density at radius 3 is 2.74 bits per heavy atom. The minimum atomic E-state index is -0.821. The first-order valence-electron chi connectivity index (χ1n) is 13.0. The van der Waals surface area contributed by atoms with Gasteiger partial charge >= 0.3 is 5.91 Å². The lowest BCUT2D eigenvalue weighted by Gasteiger charge is -2.38. The number of aromatic nitrogens is 1. The van der Waals surface area contributed by atoms with E-state index in [4.69, 9.17) is 21.1 Å². The van der Waals surface area contributed by atoms with Crippen molar-refractivity contribution >= 4 is 23.1 Å². The molecule has 0 radical (unpaired) electrons. The predicted molar refractivity (Wildman–Crippen MR) is 149 cm³/mol. The molecule has 0 unspecified atom stereocenters. The minimum absolute atomic E-state index is 0.189. The lowest BCUT2D eigenvalue weighted by molar-refractivity contribution is -0.120. The average Bonchev–Trinajstić information content (AvgIpc) is 3.10. The van der Waals surface area contributed by atoms with Crippen LogP contribution in [0.25, 0.3) is 5.57 Å². The summed E-state index contributed by atoms with van der Waals surface area (Å²) in [6.07, 6.45) is 6.14. The second-order valence-corrected chi connectivity index (χ2v) is 10.1. The van der Waals surface area contributed by atoms with Crippen LogP contribution in [0, 0.1) is 0 Å². The van der Waals surface area contributed by atoms with Crippen molar-refractivity contribution in [1.82, 2.24) is 9.88 Å². The Bertz CT molecular complexity index is 1380. The number of piperidine rings is 1. The zero-order valence-electron chi connectivity index (χ0n) is 21.8. The first kappa shape index (κ1) is 27.0. The first-order valence-corrected chi connectivity index (χ1v) is 13.4. The fraction of sp³-hybridized carbons (Fsp3) is 0.333. The van der Waals surface area contributed by atoms with Crippen LogP contribution in [0.3, 0.4) is 0 Å². The Kier molecular flexibility index (Phi) is 8.35. The van der Waals surface area contributed by atoms with Crippen molar-refractivity contribution in [1.29, 1.82) is 0 Å². The number of carbonyl (C=O) groups is 1. The summed E-state index contributed by atoms with van der Waals surface area (Å²) >= 11 is 6.03. The molecule has 2 aromatic carbocycles. The molecule has 5 rings (SSSR count). The van der Waals surface area contributed by atoms with Gasteiger partial charge in [0.25, 0.3) is 0 Å². The van der Waals surface area contributed by atoms with Crippen molar-refractivity contribution in [2.45, 2.75) is 31.5 Å². The van der Waals surface area contributed by atoms with Crippen molar-refractivity contribution in [3.63, 3.8) is 0 Å². The van der Waals surface area contributed by atoms with Crippen LogP contribution in [-0.2, 0) is 17.0 Å². The van der Waals surface area contributed by atoms with E-state index in [1.807, 2.05) is 42.5 Å². The lowest BCUT2D eigenvalue weighted by atomic mass is 9.84. The van der Waals surface area contributed by atoms with Gasteiger partial charge in [0.05, 0.1) is 11.3 Å². The molecule has 1 saturated heterocycles. The SMILES string of the molecule is CN=NC(=O)COc1ccc2c(c1)C(=CCCN1CCC(O)(c3ccc(Cl)cc3)CC1)c1cccnc1CO2. The van der Waals surface area contributed by atoms with Crippen LogP contribution in [0.15, 0.2) is 77.1 Å². The van der Waals surface area contributed by atoms with E-state index < -0.39 is 11.5 Å². The summed E-state index contributed by atoms with van der Waals surface area (Å²) in [6.45, 7) is 2.65. The number of pyridine rings is 1. The molecular formula is C30H31ClN4O4. The van der Waals surface area contributed by atoms with Crippen molar-refractivity contribution in [3.8, 4) is 11.5 Å². The van der Waals surface area contributed by atoms with Crippen molar-refractivity contribution in [3.05, 3.63) is 94.3 Å². The maximum absolute atomic E-state index is 11.8. The molecule has 1 fully saturated rings. The summed E-state index contributed by atoms with van der Waals surface area (Å²) in [5.74, 6) is 0.837. The van der Waals surface area contributed by atoms with Gasteiger partial charge in [-0.1, -0.05) is 35.9 Å². The normalized spacial score (nSPS) is 17.8. The van der Waals surface area contributed by atoms with Crippen LogP contribution in [0.5, 0.6) is 11.5 Å². The Balaban J connectivity index is 1.31. The molecule has 0 aliphatic carbocycles. The fourth-order valence-electron chi connectivity index (χ4n) is 5.12. The molecule has 0 bridgehead atoms. The molecule has 0 atom stereocenters. The summed E-state index contributed by atoms with van der Waals surface area (Å²) in [5.41, 5.74) is 3.89. The molecule has 9 heteroatoms.